The normalized spacial score (nSPS) is 23.7. The zero-order valence-corrected chi connectivity index (χ0v) is 12.3. The van der Waals surface area contributed by atoms with Crippen molar-refractivity contribution in [2.75, 3.05) is 7.11 Å². The number of fused-ring (bicyclic) bond motifs is 1. The fourth-order valence-corrected chi connectivity index (χ4v) is 3.96. The third-order valence-corrected chi connectivity index (χ3v) is 4.94. The predicted molar refractivity (Wildman–Crippen MR) is 79.9 cm³/mol. The second-order valence-corrected chi connectivity index (χ2v) is 6.27. The number of rotatable bonds is 2. The van der Waals surface area contributed by atoms with Crippen molar-refractivity contribution in [3.8, 4) is 0 Å². The van der Waals surface area contributed by atoms with Gasteiger partial charge in [-0.1, -0.05) is 43.5 Å². The first-order chi connectivity index (χ1) is 9.20. The Labute approximate surface area is 120 Å². The van der Waals surface area contributed by atoms with Crippen molar-refractivity contribution in [1.82, 2.24) is 0 Å². The van der Waals surface area contributed by atoms with Gasteiger partial charge in [0.2, 0.25) is 0 Å². The summed E-state index contributed by atoms with van der Waals surface area (Å²) in [5, 5.41) is 0.940. The number of ether oxygens (including phenoxy) is 1. The summed E-state index contributed by atoms with van der Waals surface area (Å²) in [5.74, 6) is 0.637. The standard InChI is InChI=1S/C17H21ClO/c1-11-8-13-9-16(18)14(10-15(13)17(11)19-2)12-6-4-3-5-7-12/h9-10,12,17H,1,3-8H2,2H3. The van der Waals surface area contributed by atoms with E-state index in [0.29, 0.717) is 5.92 Å². The van der Waals surface area contributed by atoms with E-state index in [2.05, 4.69) is 18.7 Å². The summed E-state index contributed by atoms with van der Waals surface area (Å²) in [6.45, 7) is 4.12. The van der Waals surface area contributed by atoms with E-state index in [-0.39, 0.29) is 6.10 Å². The van der Waals surface area contributed by atoms with Gasteiger partial charge < -0.3 is 4.74 Å². The summed E-state index contributed by atoms with van der Waals surface area (Å²) >= 11 is 6.51. The third kappa shape index (κ3) is 2.34. The lowest BCUT2D eigenvalue weighted by Gasteiger charge is -2.24. The van der Waals surface area contributed by atoms with Crippen LogP contribution >= 0.6 is 11.6 Å². The van der Waals surface area contributed by atoms with Gasteiger partial charge in [-0.3, -0.25) is 0 Å². The number of methoxy groups -OCH3 is 1. The smallest absolute Gasteiger partial charge is 0.104 e. The molecule has 2 aliphatic carbocycles. The molecule has 0 heterocycles. The lowest BCUT2D eigenvalue weighted by atomic mass is 9.83. The summed E-state index contributed by atoms with van der Waals surface area (Å²) in [6.07, 6.45) is 7.55. The maximum Gasteiger partial charge on any atom is 0.104 e. The van der Waals surface area contributed by atoms with Gasteiger partial charge >= 0.3 is 0 Å². The molecule has 2 aliphatic rings. The largest absolute Gasteiger partial charge is 0.372 e. The molecule has 0 spiro atoms. The molecule has 1 aromatic rings. The van der Waals surface area contributed by atoms with Crippen LogP contribution in [0.1, 0.15) is 60.8 Å². The summed E-state index contributed by atoms with van der Waals surface area (Å²) in [4.78, 5) is 0. The fourth-order valence-electron chi connectivity index (χ4n) is 3.62. The monoisotopic (exact) mass is 276 g/mol. The van der Waals surface area contributed by atoms with Crippen LogP contribution in [0.15, 0.2) is 24.3 Å². The maximum absolute atomic E-state index is 6.51. The molecule has 1 atom stereocenters. The molecule has 1 unspecified atom stereocenters. The van der Waals surface area contributed by atoms with E-state index in [9.17, 15) is 0 Å². The molecule has 0 aliphatic heterocycles. The third-order valence-electron chi connectivity index (χ3n) is 4.61. The van der Waals surface area contributed by atoms with Crippen LogP contribution in [0.3, 0.4) is 0 Å². The Bertz CT molecular complexity index is 500. The first-order valence-electron chi connectivity index (χ1n) is 7.23. The van der Waals surface area contributed by atoms with E-state index >= 15 is 0 Å². The lowest BCUT2D eigenvalue weighted by molar-refractivity contribution is 0.137. The Hall–Kier alpha value is -0.790. The van der Waals surface area contributed by atoms with E-state index in [0.717, 1.165) is 17.0 Å². The van der Waals surface area contributed by atoms with Gasteiger partial charge in [0.15, 0.2) is 0 Å². The van der Waals surface area contributed by atoms with Crippen LogP contribution in [0.25, 0.3) is 0 Å². The van der Waals surface area contributed by atoms with Crippen LogP contribution < -0.4 is 0 Å². The van der Waals surface area contributed by atoms with Crippen LogP contribution in [-0.4, -0.2) is 7.11 Å². The first-order valence-corrected chi connectivity index (χ1v) is 7.61. The van der Waals surface area contributed by atoms with Crippen molar-refractivity contribution in [2.45, 2.75) is 50.5 Å². The Morgan fingerprint density at radius 2 is 1.89 bits per heavy atom. The van der Waals surface area contributed by atoms with Gasteiger partial charge in [-0.2, -0.15) is 0 Å². The molecule has 102 valence electrons. The van der Waals surface area contributed by atoms with Gasteiger partial charge in [0.25, 0.3) is 0 Å². The lowest BCUT2D eigenvalue weighted by Crippen LogP contribution is -2.07. The van der Waals surface area contributed by atoms with Gasteiger partial charge in [0.05, 0.1) is 0 Å². The second-order valence-electron chi connectivity index (χ2n) is 5.86. The molecule has 0 N–H and O–H groups in total. The van der Waals surface area contributed by atoms with E-state index in [1.807, 2.05) is 0 Å². The summed E-state index contributed by atoms with van der Waals surface area (Å²) < 4.78 is 5.59. The highest BCUT2D eigenvalue weighted by atomic mass is 35.5. The molecule has 0 radical (unpaired) electrons. The first kappa shape index (κ1) is 13.2. The van der Waals surface area contributed by atoms with Crippen LogP contribution in [0, 0.1) is 0 Å². The van der Waals surface area contributed by atoms with E-state index in [1.54, 1.807) is 7.11 Å². The number of hydrogen-bond donors (Lipinski definition) is 0. The topological polar surface area (TPSA) is 9.23 Å². The molecular formula is C17H21ClO. The van der Waals surface area contributed by atoms with Crippen molar-refractivity contribution in [3.63, 3.8) is 0 Å². The van der Waals surface area contributed by atoms with Crippen molar-refractivity contribution in [1.29, 1.82) is 0 Å². The van der Waals surface area contributed by atoms with Gasteiger partial charge in [-0.05, 0) is 53.5 Å². The molecule has 0 bridgehead atoms. The highest BCUT2D eigenvalue weighted by molar-refractivity contribution is 6.31. The van der Waals surface area contributed by atoms with E-state index < -0.39 is 0 Å². The highest BCUT2D eigenvalue weighted by Crippen LogP contribution is 2.43. The van der Waals surface area contributed by atoms with Crippen LogP contribution in [0.4, 0.5) is 0 Å². The molecule has 1 fully saturated rings. The van der Waals surface area contributed by atoms with Crippen LogP contribution in [-0.2, 0) is 11.2 Å². The predicted octanol–water partition coefficient (Wildman–Crippen LogP) is 5.19. The molecule has 1 nitrogen and oxygen atoms in total. The maximum atomic E-state index is 6.51. The van der Waals surface area contributed by atoms with Gasteiger partial charge in [-0.15, -0.1) is 0 Å². The molecule has 0 saturated heterocycles. The second kappa shape index (κ2) is 5.30. The van der Waals surface area contributed by atoms with Crippen molar-refractivity contribution in [2.24, 2.45) is 0 Å². The minimum Gasteiger partial charge on any atom is -0.372 e. The Morgan fingerprint density at radius 1 is 1.16 bits per heavy atom. The van der Waals surface area contributed by atoms with Crippen LogP contribution in [0.2, 0.25) is 5.02 Å². The zero-order chi connectivity index (χ0) is 13.4. The quantitative estimate of drug-likeness (QED) is 0.676. The molecule has 19 heavy (non-hydrogen) atoms. The Balaban J connectivity index is 1.98. The average molecular weight is 277 g/mol. The Morgan fingerprint density at radius 3 is 2.58 bits per heavy atom. The Kier molecular flexibility index (Phi) is 3.68. The highest BCUT2D eigenvalue weighted by Gasteiger charge is 2.28. The minimum atomic E-state index is 0.0645. The van der Waals surface area contributed by atoms with E-state index in [1.165, 1.54) is 48.8 Å². The summed E-state index contributed by atoms with van der Waals surface area (Å²) in [7, 11) is 1.76. The molecule has 2 heteroatoms. The summed E-state index contributed by atoms with van der Waals surface area (Å²) in [5.41, 5.74) is 5.06. The minimum absolute atomic E-state index is 0.0645. The number of halogens is 1. The van der Waals surface area contributed by atoms with Crippen molar-refractivity contribution >= 4 is 11.6 Å². The number of benzene rings is 1. The molecule has 1 saturated carbocycles. The van der Waals surface area contributed by atoms with Gasteiger partial charge in [0.1, 0.15) is 6.10 Å². The molecular weight excluding hydrogens is 256 g/mol. The number of hydrogen-bond acceptors (Lipinski definition) is 1. The molecule has 0 amide bonds. The SMILES string of the molecule is C=C1Cc2cc(Cl)c(C3CCCCC3)cc2C1OC. The van der Waals surface area contributed by atoms with Gasteiger partial charge in [0, 0.05) is 12.1 Å². The van der Waals surface area contributed by atoms with Crippen molar-refractivity contribution < 1.29 is 4.74 Å². The molecule has 1 aromatic carbocycles. The van der Waals surface area contributed by atoms with Crippen LogP contribution in [0.5, 0.6) is 0 Å². The fraction of sp³-hybridized carbons (Fsp3) is 0.529. The average Bonchev–Trinajstić information content (AvgIpc) is 2.73. The van der Waals surface area contributed by atoms with Crippen molar-refractivity contribution in [3.05, 3.63) is 46.0 Å². The molecule has 3 rings (SSSR count). The summed E-state index contributed by atoms with van der Waals surface area (Å²) in [6, 6.07) is 4.44. The molecule has 0 aromatic heterocycles. The van der Waals surface area contributed by atoms with E-state index in [4.69, 9.17) is 16.3 Å². The zero-order valence-electron chi connectivity index (χ0n) is 11.5. The van der Waals surface area contributed by atoms with Gasteiger partial charge in [-0.25, -0.2) is 0 Å².